The second-order valence-electron chi connectivity index (χ2n) is 5.88. The molecule has 7 nitrogen and oxygen atoms in total. The Labute approximate surface area is 144 Å². The van der Waals surface area contributed by atoms with Gasteiger partial charge in [-0.3, -0.25) is 9.79 Å². The van der Waals surface area contributed by atoms with Gasteiger partial charge >= 0.3 is 11.9 Å². The van der Waals surface area contributed by atoms with Crippen molar-refractivity contribution >= 4 is 17.7 Å². The lowest BCUT2D eigenvalue weighted by Gasteiger charge is -2.31. The number of allylic oxidation sites excluding steroid dienone is 1. The highest BCUT2D eigenvalue weighted by Crippen LogP contribution is 2.41. The Morgan fingerprint density at radius 3 is 2.48 bits per heavy atom. The number of hydrogen-bond donors (Lipinski definition) is 2. The first-order valence-corrected chi connectivity index (χ1v) is 7.71. The molecule has 2 unspecified atom stereocenters. The van der Waals surface area contributed by atoms with Crippen molar-refractivity contribution in [3.63, 3.8) is 0 Å². The number of aliphatic carboxylic acids is 2. The topological polar surface area (TPSA) is 105 Å². The molecule has 0 amide bonds. The van der Waals surface area contributed by atoms with Gasteiger partial charge in [-0.1, -0.05) is 18.2 Å². The number of hydrogen-bond acceptors (Lipinski definition) is 4. The molecular formula is C18H17N3O4. The van der Waals surface area contributed by atoms with Crippen LogP contribution < -0.4 is 0 Å². The van der Waals surface area contributed by atoms with Crippen LogP contribution in [0.1, 0.15) is 25.3 Å². The van der Waals surface area contributed by atoms with E-state index in [-0.39, 0.29) is 5.57 Å². The standard InChI is InChI=1S/C18H17N3O4/c1-10-14(17(22)23)16(15(18(24)25)11(2)20-10)12-5-3-4-6-13(12)21-8-7-19-9-21/h3-9,14,16H,1-2H3,(H,22,23)(H,24,25). The van der Waals surface area contributed by atoms with Gasteiger partial charge in [-0.05, 0) is 25.5 Å². The quantitative estimate of drug-likeness (QED) is 0.890. The Kier molecular flexibility index (Phi) is 4.22. The summed E-state index contributed by atoms with van der Waals surface area (Å²) in [7, 11) is 0. The van der Waals surface area contributed by atoms with E-state index in [0.29, 0.717) is 22.7 Å². The first kappa shape index (κ1) is 16.6. The van der Waals surface area contributed by atoms with Gasteiger partial charge in [0.1, 0.15) is 5.92 Å². The summed E-state index contributed by atoms with van der Waals surface area (Å²) in [5.41, 5.74) is 2.02. The zero-order valence-corrected chi connectivity index (χ0v) is 13.7. The summed E-state index contributed by atoms with van der Waals surface area (Å²) >= 11 is 0. The number of rotatable bonds is 4. The maximum atomic E-state index is 11.9. The summed E-state index contributed by atoms with van der Waals surface area (Å²) in [6, 6.07) is 7.15. The van der Waals surface area contributed by atoms with Crippen LogP contribution >= 0.6 is 0 Å². The predicted molar refractivity (Wildman–Crippen MR) is 90.9 cm³/mol. The number of aliphatic imine (C=N–C) groups is 1. The fraction of sp³-hybridized carbons (Fsp3) is 0.222. The molecule has 2 N–H and O–H groups in total. The smallest absolute Gasteiger partial charge is 0.334 e. The van der Waals surface area contributed by atoms with Gasteiger partial charge in [-0.15, -0.1) is 0 Å². The highest BCUT2D eigenvalue weighted by atomic mass is 16.4. The highest BCUT2D eigenvalue weighted by molar-refractivity contribution is 6.06. The summed E-state index contributed by atoms with van der Waals surface area (Å²) in [5, 5.41) is 19.4. The third-order valence-corrected chi connectivity index (χ3v) is 4.38. The third kappa shape index (κ3) is 2.84. The van der Waals surface area contributed by atoms with E-state index in [1.807, 2.05) is 12.1 Å². The maximum Gasteiger partial charge on any atom is 0.334 e. The molecular weight excluding hydrogens is 322 g/mol. The van der Waals surface area contributed by atoms with Gasteiger partial charge in [-0.2, -0.15) is 0 Å². The molecule has 0 saturated heterocycles. The molecule has 1 aliphatic rings. The van der Waals surface area contributed by atoms with Crippen molar-refractivity contribution in [1.82, 2.24) is 9.55 Å². The molecule has 25 heavy (non-hydrogen) atoms. The fourth-order valence-electron chi connectivity index (χ4n) is 3.36. The molecule has 1 aromatic heterocycles. The average molecular weight is 339 g/mol. The highest BCUT2D eigenvalue weighted by Gasteiger charge is 2.42. The van der Waals surface area contributed by atoms with E-state index in [1.54, 1.807) is 49.3 Å². The Morgan fingerprint density at radius 2 is 1.88 bits per heavy atom. The molecule has 2 atom stereocenters. The largest absolute Gasteiger partial charge is 0.481 e. The van der Waals surface area contributed by atoms with Gasteiger partial charge in [0.25, 0.3) is 0 Å². The molecule has 2 heterocycles. The van der Waals surface area contributed by atoms with Crippen LogP contribution in [-0.2, 0) is 9.59 Å². The molecule has 0 aliphatic carbocycles. The van der Waals surface area contributed by atoms with Gasteiger partial charge in [0, 0.05) is 29.7 Å². The van der Waals surface area contributed by atoms with E-state index >= 15 is 0 Å². The molecule has 0 bridgehead atoms. The lowest BCUT2D eigenvalue weighted by molar-refractivity contribution is -0.140. The van der Waals surface area contributed by atoms with E-state index in [2.05, 4.69) is 9.98 Å². The molecule has 2 aromatic rings. The minimum atomic E-state index is -1.16. The van der Waals surface area contributed by atoms with Crippen molar-refractivity contribution in [3.05, 3.63) is 59.8 Å². The molecule has 128 valence electrons. The monoisotopic (exact) mass is 339 g/mol. The fourth-order valence-corrected chi connectivity index (χ4v) is 3.36. The van der Waals surface area contributed by atoms with E-state index in [4.69, 9.17) is 0 Å². The number of aromatic nitrogens is 2. The second kappa shape index (κ2) is 6.35. The van der Waals surface area contributed by atoms with Crippen LogP contribution in [0.15, 0.2) is 59.2 Å². The first-order valence-electron chi connectivity index (χ1n) is 7.71. The van der Waals surface area contributed by atoms with Crippen LogP contribution in [0.5, 0.6) is 0 Å². The average Bonchev–Trinajstić information content (AvgIpc) is 3.07. The van der Waals surface area contributed by atoms with E-state index in [0.717, 1.165) is 0 Å². The Morgan fingerprint density at radius 1 is 1.16 bits per heavy atom. The summed E-state index contributed by atoms with van der Waals surface area (Å²) in [6.07, 6.45) is 4.93. The summed E-state index contributed by atoms with van der Waals surface area (Å²) in [4.78, 5) is 32.0. The molecule has 0 saturated carbocycles. The second-order valence-corrected chi connectivity index (χ2v) is 5.88. The lowest BCUT2D eigenvalue weighted by Crippen LogP contribution is -2.35. The predicted octanol–water partition coefficient (Wildman–Crippen LogP) is 2.49. The number of imidazole rings is 1. The SMILES string of the molecule is CC1=NC(C)=C(C(=O)O)C(c2ccccc2-n2ccnc2)C1C(=O)O. The molecule has 1 aromatic carbocycles. The number of para-hydroxylation sites is 1. The lowest BCUT2D eigenvalue weighted by atomic mass is 9.75. The minimum absolute atomic E-state index is 0.00515. The van der Waals surface area contributed by atoms with Crippen LogP contribution in [0, 0.1) is 5.92 Å². The number of carboxylic acid groups (broad SMARTS) is 2. The van der Waals surface area contributed by atoms with Crippen LogP contribution in [0.2, 0.25) is 0 Å². The number of carboxylic acids is 2. The van der Waals surface area contributed by atoms with E-state index < -0.39 is 23.8 Å². The molecule has 3 rings (SSSR count). The van der Waals surface area contributed by atoms with Crippen LogP contribution in [0.25, 0.3) is 5.69 Å². The number of carbonyl (C=O) groups is 2. The van der Waals surface area contributed by atoms with Crippen molar-refractivity contribution in [1.29, 1.82) is 0 Å². The summed E-state index contributed by atoms with van der Waals surface area (Å²) in [5.74, 6) is -4.14. The third-order valence-electron chi connectivity index (χ3n) is 4.38. The Hall–Kier alpha value is -3.22. The first-order chi connectivity index (χ1) is 11.9. The van der Waals surface area contributed by atoms with Gasteiger partial charge < -0.3 is 14.8 Å². The number of nitrogens with zero attached hydrogens (tertiary/aromatic N) is 3. The van der Waals surface area contributed by atoms with Gasteiger partial charge in [0.2, 0.25) is 0 Å². The van der Waals surface area contributed by atoms with Gasteiger partial charge in [0.15, 0.2) is 0 Å². The summed E-state index contributed by atoms with van der Waals surface area (Å²) < 4.78 is 1.74. The normalized spacial score (nSPS) is 20.3. The van der Waals surface area contributed by atoms with Crippen molar-refractivity contribution < 1.29 is 19.8 Å². The minimum Gasteiger partial charge on any atom is -0.481 e. The molecule has 7 heteroatoms. The molecule has 0 radical (unpaired) electrons. The molecule has 1 aliphatic heterocycles. The Balaban J connectivity index is 2.28. The van der Waals surface area contributed by atoms with Crippen molar-refractivity contribution in [2.45, 2.75) is 19.8 Å². The zero-order chi connectivity index (χ0) is 18.1. The van der Waals surface area contributed by atoms with Crippen LogP contribution in [-0.4, -0.2) is 37.4 Å². The Bertz CT molecular complexity index is 897. The van der Waals surface area contributed by atoms with Gasteiger partial charge in [0.05, 0.1) is 17.6 Å². The van der Waals surface area contributed by atoms with Crippen molar-refractivity contribution in [3.8, 4) is 5.69 Å². The van der Waals surface area contributed by atoms with Crippen molar-refractivity contribution in [2.24, 2.45) is 10.9 Å². The zero-order valence-electron chi connectivity index (χ0n) is 13.7. The number of benzene rings is 1. The van der Waals surface area contributed by atoms with Crippen molar-refractivity contribution in [2.75, 3.05) is 0 Å². The summed E-state index contributed by atoms with van der Waals surface area (Å²) in [6.45, 7) is 3.21. The molecule has 0 spiro atoms. The van der Waals surface area contributed by atoms with E-state index in [1.165, 1.54) is 0 Å². The van der Waals surface area contributed by atoms with Crippen LogP contribution in [0.3, 0.4) is 0 Å². The molecule has 0 fully saturated rings. The maximum absolute atomic E-state index is 11.9. The van der Waals surface area contributed by atoms with Gasteiger partial charge in [-0.25, -0.2) is 9.78 Å². The van der Waals surface area contributed by atoms with E-state index in [9.17, 15) is 19.8 Å². The van der Waals surface area contributed by atoms with Crippen LogP contribution in [0.4, 0.5) is 0 Å².